The molecular weight excluding hydrogens is 278 g/mol. The summed E-state index contributed by atoms with van der Waals surface area (Å²) in [6, 6.07) is 3.85. The molecule has 0 atom stereocenters. The number of hydrogen-bond donors (Lipinski definition) is 1. The molecule has 0 aliphatic carbocycles. The van der Waals surface area contributed by atoms with Gasteiger partial charge in [-0.25, -0.2) is 0 Å². The van der Waals surface area contributed by atoms with Gasteiger partial charge < -0.3 is 19.5 Å². The van der Waals surface area contributed by atoms with Crippen LogP contribution in [0.4, 0.5) is 0 Å². The fourth-order valence-electron chi connectivity index (χ4n) is 1.90. The molecule has 1 aliphatic heterocycles. The number of rotatable bonds is 6. The molecule has 4 nitrogen and oxygen atoms in total. The Balaban J connectivity index is 1.97. The quantitative estimate of drug-likeness (QED) is 0.820. The van der Waals surface area contributed by atoms with Gasteiger partial charge >= 0.3 is 0 Å². The van der Waals surface area contributed by atoms with Crippen molar-refractivity contribution >= 4 is 17.7 Å². The van der Waals surface area contributed by atoms with Crippen LogP contribution >= 0.6 is 11.6 Å². The van der Waals surface area contributed by atoms with E-state index in [0.717, 1.165) is 30.8 Å². The van der Waals surface area contributed by atoms with E-state index in [1.807, 2.05) is 24.3 Å². The minimum absolute atomic E-state index is 0.594. The summed E-state index contributed by atoms with van der Waals surface area (Å²) in [5, 5.41) is 3.84. The van der Waals surface area contributed by atoms with Crippen molar-refractivity contribution in [2.75, 3.05) is 40.0 Å². The van der Waals surface area contributed by atoms with Crippen LogP contribution in [0, 0.1) is 0 Å². The van der Waals surface area contributed by atoms with Crippen LogP contribution < -0.4 is 14.8 Å². The first kappa shape index (κ1) is 15.2. The van der Waals surface area contributed by atoms with Crippen LogP contribution in [0.3, 0.4) is 0 Å². The SMILES string of the molecule is COCCNCC=Cc1cc(Cl)c2c(c1)OCCCO2. The van der Waals surface area contributed by atoms with Crippen molar-refractivity contribution in [1.29, 1.82) is 0 Å². The van der Waals surface area contributed by atoms with Gasteiger partial charge in [-0.15, -0.1) is 0 Å². The second-order valence-electron chi connectivity index (χ2n) is 4.48. The zero-order valence-corrected chi connectivity index (χ0v) is 12.4. The molecule has 0 amide bonds. The number of benzene rings is 1. The second-order valence-corrected chi connectivity index (χ2v) is 4.89. The van der Waals surface area contributed by atoms with Crippen molar-refractivity contribution in [2.24, 2.45) is 0 Å². The Morgan fingerprint density at radius 3 is 3.05 bits per heavy atom. The van der Waals surface area contributed by atoms with Gasteiger partial charge in [0.25, 0.3) is 0 Å². The first-order valence-electron chi connectivity index (χ1n) is 6.76. The molecule has 0 saturated heterocycles. The Morgan fingerprint density at radius 1 is 1.35 bits per heavy atom. The average Bonchev–Trinajstić information content (AvgIpc) is 2.68. The molecule has 1 N–H and O–H groups in total. The van der Waals surface area contributed by atoms with Gasteiger partial charge in [0, 0.05) is 26.6 Å². The normalized spacial score (nSPS) is 14.5. The maximum Gasteiger partial charge on any atom is 0.179 e. The number of methoxy groups -OCH3 is 1. The molecule has 0 radical (unpaired) electrons. The summed E-state index contributed by atoms with van der Waals surface area (Å²) in [5.41, 5.74) is 1.01. The Bertz CT molecular complexity index is 463. The third-order valence-corrected chi connectivity index (χ3v) is 3.16. The smallest absolute Gasteiger partial charge is 0.179 e. The number of ether oxygens (including phenoxy) is 3. The van der Waals surface area contributed by atoms with Gasteiger partial charge in [0.1, 0.15) is 0 Å². The highest BCUT2D eigenvalue weighted by atomic mass is 35.5. The number of fused-ring (bicyclic) bond motifs is 1. The first-order valence-corrected chi connectivity index (χ1v) is 7.14. The summed E-state index contributed by atoms with van der Waals surface area (Å²) in [6.07, 6.45) is 4.94. The first-order chi connectivity index (χ1) is 9.81. The van der Waals surface area contributed by atoms with E-state index in [4.69, 9.17) is 25.8 Å². The largest absolute Gasteiger partial charge is 0.489 e. The molecule has 2 rings (SSSR count). The summed E-state index contributed by atoms with van der Waals surface area (Å²) < 4.78 is 16.2. The number of hydrogen-bond acceptors (Lipinski definition) is 4. The molecule has 110 valence electrons. The maximum atomic E-state index is 6.23. The number of halogens is 1. The summed E-state index contributed by atoms with van der Waals surface area (Å²) in [5.74, 6) is 1.38. The van der Waals surface area contributed by atoms with Gasteiger partial charge in [-0.05, 0) is 17.7 Å². The molecule has 0 fully saturated rings. The van der Waals surface area contributed by atoms with Crippen LogP contribution in [0.5, 0.6) is 11.5 Å². The van der Waals surface area contributed by atoms with Crippen LogP contribution in [0.1, 0.15) is 12.0 Å². The van der Waals surface area contributed by atoms with E-state index in [0.29, 0.717) is 30.6 Å². The van der Waals surface area contributed by atoms with Gasteiger partial charge in [0.05, 0.1) is 24.8 Å². The van der Waals surface area contributed by atoms with E-state index in [1.54, 1.807) is 7.11 Å². The van der Waals surface area contributed by atoms with Crippen molar-refractivity contribution in [3.63, 3.8) is 0 Å². The highest BCUT2D eigenvalue weighted by Gasteiger charge is 2.14. The summed E-state index contributed by atoms with van der Waals surface area (Å²) in [6.45, 7) is 3.64. The fraction of sp³-hybridized carbons (Fsp3) is 0.467. The van der Waals surface area contributed by atoms with Gasteiger partial charge in [-0.1, -0.05) is 23.8 Å². The molecule has 0 unspecified atom stereocenters. The van der Waals surface area contributed by atoms with E-state index in [2.05, 4.69) is 5.32 Å². The lowest BCUT2D eigenvalue weighted by Gasteiger charge is -2.10. The van der Waals surface area contributed by atoms with E-state index in [1.165, 1.54) is 0 Å². The van der Waals surface area contributed by atoms with Gasteiger partial charge in [-0.2, -0.15) is 0 Å². The molecule has 0 spiro atoms. The third-order valence-electron chi connectivity index (χ3n) is 2.88. The lowest BCUT2D eigenvalue weighted by atomic mass is 10.2. The minimum Gasteiger partial charge on any atom is -0.489 e. The van der Waals surface area contributed by atoms with E-state index in [-0.39, 0.29) is 0 Å². The molecule has 1 aromatic rings. The number of nitrogens with one attached hydrogen (secondary N) is 1. The standard InChI is InChI=1S/C15H20ClNO3/c1-18-9-6-17-5-2-4-12-10-13(16)15-14(11-12)19-7-3-8-20-15/h2,4,10-11,17H,3,5-9H2,1H3. The summed E-state index contributed by atoms with van der Waals surface area (Å²) in [4.78, 5) is 0. The Kier molecular flexibility index (Phi) is 6.18. The van der Waals surface area contributed by atoms with Crippen LogP contribution in [-0.2, 0) is 4.74 Å². The van der Waals surface area contributed by atoms with Crippen molar-refractivity contribution in [3.05, 3.63) is 28.8 Å². The Hall–Kier alpha value is -1.23. The van der Waals surface area contributed by atoms with Crippen molar-refractivity contribution in [2.45, 2.75) is 6.42 Å². The van der Waals surface area contributed by atoms with Crippen molar-refractivity contribution < 1.29 is 14.2 Å². The molecule has 5 heteroatoms. The predicted molar refractivity (Wildman–Crippen MR) is 80.8 cm³/mol. The van der Waals surface area contributed by atoms with Crippen LogP contribution in [0.2, 0.25) is 5.02 Å². The lowest BCUT2D eigenvalue weighted by molar-refractivity contribution is 0.200. The topological polar surface area (TPSA) is 39.7 Å². The van der Waals surface area contributed by atoms with Crippen LogP contribution in [0.25, 0.3) is 6.08 Å². The second kappa shape index (κ2) is 8.15. The minimum atomic E-state index is 0.594. The monoisotopic (exact) mass is 297 g/mol. The fourth-order valence-corrected chi connectivity index (χ4v) is 2.18. The summed E-state index contributed by atoms with van der Waals surface area (Å²) in [7, 11) is 1.69. The highest BCUT2D eigenvalue weighted by Crippen LogP contribution is 2.38. The van der Waals surface area contributed by atoms with Crippen LogP contribution in [0.15, 0.2) is 18.2 Å². The van der Waals surface area contributed by atoms with Crippen LogP contribution in [-0.4, -0.2) is 40.0 Å². The highest BCUT2D eigenvalue weighted by molar-refractivity contribution is 6.32. The zero-order chi connectivity index (χ0) is 14.2. The molecular formula is C15H20ClNO3. The molecule has 0 saturated carbocycles. The Morgan fingerprint density at radius 2 is 2.20 bits per heavy atom. The molecule has 1 aromatic carbocycles. The molecule has 20 heavy (non-hydrogen) atoms. The maximum absolute atomic E-state index is 6.23. The van der Waals surface area contributed by atoms with Crippen molar-refractivity contribution in [1.82, 2.24) is 5.32 Å². The Labute approximate surface area is 124 Å². The van der Waals surface area contributed by atoms with E-state index < -0.39 is 0 Å². The predicted octanol–water partition coefficient (Wildman–Crippen LogP) is 2.75. The van der Waals surface area contributed by atoms with Crippen molar-refractivity contribution in [3.8, 4) is 11.5 Å². The molecule has 1 heterocycles. The molecule has 1 aliphatic rings. The van der Waals surface area contributed by atoms with Gasteiger partial charge in [0.2, 0.25) is 0 Å². The zero-order valence-electron chi connectivity index (χ0n) is 11.7. The molecule has 0 aromatic heterocycles. The lowest BCUT2D eigenvalue weighted by Crippen LogP contribution is -2.18. The summed E-state index contributed by atoms with van der Waals surface area (Å²) >= 11 is 6.23. The average molecular weight is 298 g/mol. The van der Waals surface area contributed by atoms with Gasteiger partial charge in [0.15, 0.2) is 11.5 Å². The van der Waals surface area contributed by atoms with E-state index >= 15 is 0 Å². The molecule has 0 bridgehead atoms. The van der Waals surface area contributed by atoms with Gasteiger partial charge in [-0.3, -0.25) is 0 Å². The third kappa shape index (κ3) is 4.40. The van der Waals surface area contributed by atoms with E-state index in [9.17, 15) is 0 Å².